The minimum absolute atomic E-state index is 0.106. The van der Waals surface area contributed by atoms with Gasteiger partial charge in [0.1, 0.15) is 12.1 Å². The molecule has 0 spiro atoms. The molecule has 0 radical (unpaired) electrons. The maximum Gasteiger partial charge on any atom is 0.222 e. The van der Waals surface area contributed by atoms with Gasteiger partial charge in [-0.2, -0.15) is 0 Å². The highest BCUT2D eigenvalue weighted by molar-refractivity contribution is 7.22. The second-order valence-corrected chi connectivity index (χ2v) is 7.35. The Balaban J connectivity index is 1.73. The van der Waals surface area contributed by atoms with Gasteiger partial charge in [0, 0.05) is 23.0 Å². The molecule has 2 aromatic heterocycles. The van der Waals surface area contributed by atoms with E-state index in [4.69, 9.17) is 17.3 Å². The number of fused-ring (bicyclic) bond motifs is 1. The molecule has 122 valence electrons. The number of benzene rings is 1. The Kier molecular flexibility index (Phi) is 3.86. The lowest BCUT2D eigenvalue weighted by Crippen LogP contribution is -2.27. The Morgan fingerprint density at radius 2 is 2.08 bits per heavy atom. The first-order chi connectivity index (χ1) is 11.6. The predicted molar refractivity (Wildman–Crippen MR) is 97.4 cm³/mol. The lowest BCUT2D eigenvalue weighted by molar-refractivity contribution is -0.121. The highest BCUT2D eigenvalue weighted by Gasteiger charge is 2.28. The summed E-state index contributed by atoms with van der Waals surface area (Å²) in [7, 11) is 0. The van der Waals surface area contributed by atoms with E-state index in [1.165, 1.54) is 0 Å². The average molecular weight is 359 g/mol. The molecule has 1 atom stereocenters. The summed E-state index contributed by atoms with van der Waals surface area (Å²) in [5, 5.41) is 0.718. The topological polar surface area (TPSA) is 72.1 Å². The van der Waals surface area contributed by atoms with Gasteiger partial charge in [-0.05, 0) is 30.2 Å². The molecule has 3 aromatic rings. The molecule has 0 aliphatic carbocycles. The molecular formula is C17H15ClN4OS. The molecule has 4 rings (SSSR count). The summed E-state index contributed by atoms with van der Waals surface area (Å²) in [4.78, 5) is 23.5. The van der Waals surface area contributed by atoms with Gasteiger partial charge in [0.05, 0.1) is 16.1 Å². The molecule has 5 nitrogen and oxygen atoms in total. The number of primary amides is 1. The molecule has 1 aliphatic heterocycles. The van der Waals surface area contributed by atoms with Gasteiger partial charge in [0.2, 0.25) is 5.91 Å². The first kappa shape index (κ1) is 15.4. The average Bonchev–Trinajstić information content (AvgIpc) is 3.22. The number of aromatic nitrogens is 2. The van der Waals surface area contributed by atoms with E-state index in [0.29, 0.717) is 6.54 Å². The van der Waals surface area contributed by atoms with E-state index in [1.807, 2.05) is 24.3 Å². The summed E-state index contributed by atoms with van der Waals surface area (Å²) in [6.07, 6.45) is 2.35. The smallest absolute Gasteiger partial charge is 0.222 e. The van der Waals surface area contributed by atoms with Crippen LogP contribution >= 0.6 is 22.9 Å². The minimum Gasteiger partial charge on any atom is -0.369 e. The van der Waals surface area contributed by atoms with Gasteiger partial charge < -0.3 is 10.6 Å². The van der Waals surface area contributed by atoms with Crippen molar-refractivity contribution < 1.29 is 4.79 Å². The van der Waals surface area contributed by atoms with E-state index in [0.717, 1.165) is 44.5 Å². The van der Waals surface area contributed by atoms with Crippen LogP contribution in [0.3, 0.4) is 0 Å². The fourth-order valence-corrected chi connectivity index (χ4v) is 4.27. The first-order valence-corrected chi connectivity index (χ1v) is 8.86. The van der Waals surface area contributed by atoms with Crippen LogP contribution in [0.25, 0.3) is 20.7 Å². The Hall–Kier alpha value is -2.18. The van der Waals surface area contributed by atoms with Gasteiger partial charge in [-0.25, -0.2) is 9.97 Å². The fourth-order valence-electron chi connectivity index (χ4n) is 3.01. The molecule has 1 saturated heterocycles. The third kappa shape index (κ3) is 2.72. The predicted octanol–water partition coefficient (Wildman–Crippen LogP) is 3.32. The Morgan fingerprint density at radius 3 is 2.79 bits per heavy atom. The van der Waals surface area contributed by atoms with Crippen molar-refractivity contribution in [1.29, 1.82) is 0 Å². The molecule has 1 aliphatic rings. The summed E-state index contributed by atoms with van der Waals surface area (Å²) < 4.78 is 1.03. The molecule has 1 aromatic carbocycles. The number of carbonyl (C=O) groups excluding carboxylic acids is 1. The summed E-state index contributed by atoms with van der Waals surface area (Å²) in [6, 6.07) is 9.83. The summed E-state index contributed by atoms with van der Waals surface area (Å²) in [6.45, 7) is 1.41. The molecule has 0 bridgehead atoms. The number of hydrogen-bond acceptors (Lipinski definition) is 5. The van der Waals surface area contributed by atoms with Gasteiger partial charge in [-0.1, -0.05) is 23.7 Å². The van der Waals surface area contributed by atoms with Crippen LogP contribution in [0.15, 0.2) is 36.7 Å². The van der Waals surface area contributed by atoms with Crippen molar-refractivity contribution in [3.05, 3.63) is 41.7 Å². The highest BCUT2D eigenvalue weighted by Crippen LogP contribution is 2.38. The van der Waals surface area contributed by atoms with E-state index in [2.05, 4.69) is 20.9 Å². The largest absolute Gasteiger partial charge is 0.369 e. The number of halogens is 1. The van der Waals surface area contributed by atoms with E-state index in [9.17, 15) is 4.79 Å². The Morgan fingerprint density at radius 1 is 1.29 bits per heavy atom. The third-order valence-electron chi connectivity index (χ3n) is 4.31. The van der Waals surface area contributed by atoms with Crippen LogP contribution < -0.4 is 10.6 Å². The van der Waals surface area contributed by atoms with Crippen molar-refractivity contribution in [3.63, 3.8) is 0 Å². The van der Waals surface area contributed by atoms with Gasteiger partial charge in [-0.15, -0.1) is 11.3 Å². The molecule has 3 heterocycles. The lowest BCUT2D eigenvalue weighted by atomic mass is 10.1. The van der Waals surface area contributed by atoms with Crippen LogP contribution in [-0.2, 0) is 4.79 Å². The van der Waals surface area contributed by atoms with Crippen molar-refractivity contribution in [1.82, 2.24) is 9.97 Å². The molecule has 1 fully saturated rings. The fraction of sp³-hybridized carbons (Fsp3) is 0.235. The maximum atomic E-state index is 11.4. The van der Waals surface area contributed by atoms with Crippen molar-refractivity contribution in [2.45, 2.75) is 6.42 Å². The molecule has 2 N–H and O–H groups in total. The van der Waals surface area contributed by atoms with Crippen LogP contribution in [0.5, 0.6) is 0 Å². The number of hydrogen-bond donors (Lipinski definition) is 1. The van der Waals surface area contributed by atoms with E-state index in [1.54, 1.807) is 17.7 Å². The van der Waals surface area contributed by atoms with E-state index >= 15 is 0 Å². The highest BCUT2D eigenvalue weighted by atomic mass is 35.5. The normalized spacial score (nSPS) is 17.5. The minimum atomic E-state index is -0.240. The van der Waals surface area contributed by atoms with Crippen molar-refractivity contribution >= 4 is 44.9 Å². The number of carbonyl (C=O) groups is 1. The molecule has 1 amide bonds. The van der Waals surface area contributed by atoms with Crippen LogP contribution in [0.2, 0.25) is 5.02 Å². The molecular weight excluding hydrogens is 344 g/mol. The maximum absolute atomic E-state index is 11.4. The van der Waals surface area contributed by atoms with Gasteiger partial charge in [0.15, 0.2) is 0 Å². The number of nitrogens with two attached hydrogens (primary N) is 1. The van der Waals surface area contributed by atoms with Crippen LogP contribution in [0.4, 0.5) is 5.82 Å². The van der Waals surface area contributed by atoms with Gasteiger partial charge >= 0.3 is 0 Å². The molecule has 0 saturated carbocycles. The third-order valence-corrected chi connectivity index (χ3v) is 5.73. The zero-order chi connectivity index (χ0) is 16.7. The summed E-state index contributed by atoms with van der Waals surface area (Å²) in [5.74, 6) is 0.538. The Bertz CT molecular complexity index is 909. The second-order valence-electron chi connectivity index (χ2n) is 5.86. The second kappa shape index (κ2) is 6.03. The molecule has 0 unspecified atom stereocenters. The lowest BCUT2D eigenvalue weighted by Gasteiger charge is -2.17. The molecule has 24 heavy (non-hydrogen) atoms. The quantitative estimate of drug-likeness (QED) is 0.779. The molecule has 7 heteroatoms. The monoisotopic (exact) mass is 358 g/mol. The van der Waals surface area contributed by atoms with Crippen LogP contribution in [0.1, 0.15) is 6.42 Å². The van der Waals surface area contributed by atoms with Crippen LogP contribution in [-0.4, -0.2) is 29.0 Å². The van der Waals surface area contributed by atoms with Gasteiger partial charge in [0.25, 0.3) is 0 Å². The van der Waals surface area contributed by atoms with Crippen molar-refractivity contribution in [3.8, 4) is 10.4 Å². The Labute approximate surface area is 148 Å². The number of nitrogens with zero attached hydrogens (tertiary/aromatic N) is 3. The zero-order valence-electron chi connectivity index (χ0n) is 12.8. The number of rotatable bonds is 3. The zero-order valence-corrected chi connectivity index (χ0v) is 14.3. The van der Waals surface area contributed by atoms with E-state index in [-0.39, 0.29) is 11.8 Å². The number of anilines is 1. The first-order valence-electron chi connectivity index (χ1n) is 7.66. The van der Waals surface area contributed by atoms with Crippen LogP contribution in [0, 0.1) is 5.92 Å². The van der Waals surface area contributed by atoms with E-state index < -0.39 is 0 Å². The van der Waals surface area contributed by atoms with Crippen molar-refractivity contribution in [2.24, 2.45) is 11.7 Å². The van der Waals surface area contributed by atoms with Gasteiger partial charge in [-0.3, -0.25) is 4.79 Å². The number of amides is 1. The standard InChI is InChI=1S/C17H15ClN4OS/c18-12-3-1-10(2-4-12)14-7-13-15(24-14)17(21-9-20-13)22-6-5-11(8-22)16(19)23/h1-4,7,9,11H,5-6,8H2,(H2,19,23)/t11-/m0/s1. The SMILES string of the molecule is NC(=O)[C@H]1CCN(c2ncnc3cc(-c4ccc(Cl)cc4)sc23)C1. The summed E-state index contributed by atoms with van der Waals surface area (Å²) >= 11 is 7.62. The summed E-state index contributed by atoms with van der Waals surface area (Å²) in [5.41, 5.74) is 7.45. The van der Waals surface area contributed by atoms with Crippen molar-refractivity contribution in [2.75, 3.05) is 18.0 Å². The number of thiophene rings is 1.